The number of aryl methyl sites for hydroxylation is 1. The van der Waals surface area contributed by atoms with E-state index < -0.39 is 0 Å². The standard InChI is InChI=1S/C17H15ClN2/c1-11-5-4-7-14(16(11)18)17(19)13-9-12-6-2-3-8-15(12)20-10-13/h2-10,17H,19H2,1H3. The van der Waals surface area contributed by atoms with Crippen LogP contribution >= 0.6 is 11.6 Å². The van der Waals surface area contributed by atoms with Crippen molar-refractivity contribution in [2.45, 2.75) is 13.0 Å². The fourth-order valence-corrected chi connectivity index (χ4v) is 2.59. The molecule has 0 aliphatic rings. The number of hydrogen-bond acceptors (Lipinski definition) is 2. The topological polar surface area (TPSA) is 38.9 Å². The molecule has 0 aliphatic heterocycles. The first-order valence-electron chi connectivity index (χ1n) is 6.52. The number of para-hydroxylation sites is 1. The van der Waals surface area contributed by atoms with Gasteiger partial charge in [-0.2, -0.15) is 0 Å². The maximum absolute atomic E-state index is 6.36. The summed E-state index contributed by atoms with van der Waals surface area (Å²) < 4.78 is 0. The Morgan fingerprint density at radius 3 is 2.75 bits per heavy atom. The fraction of sp³-hybridized carbons (Fsp3) is 0.118. The number of pyridine rings is 1. The second-order valence-corrected chi connectivity index (χ2v) is 5.30. The van der Waals surface area contributed by atoms with Gasteiger partial charge in [-0.15, -0.1) is 0 Å². The SMILES string of the molecule is Cc1cccc(C(N)c2cnc3ccccc3c2)c1Cl. The summed E-state index contributed by atoms with van der Waals surface area (Å²) in [5.41, 5.74) is 10.3. The predicted molar refractivity (Wildman–Crippen MR) is 84.0 cm³/mol. The summed E-state index contributed by atoms with van der Waals surface area (Å²) >= 11 is 6.36. The molecule has 0 bridgehead atoms. The molecule has 3 aromatic rings. The Kier molecular flexibility index (Phi) is 3.43. The van der Waals surface area contributed by atoms with Gasteiger partial charge < -0.3 is 5.73 Å². The van der Waals surface area contributed by atoms with E-state index in [2.05, 4.69) is 11.1 Å². The summed E-state index contributed by atoms with van der Waals surface area (Å²) in [5.74, 6) is 0. The monoisotopic (exact) mass is 282 g/mol. The molecule has 0 saturated heterocycles. The quantitative estimate of drug-likeness (QED) is 0.763. The first-order valence-corrected chi connectivity index (χ1v) is 6.90. The van der Waals surface area contributed by atoms with Crippen LogP contribution in [0.4, 0.5) is 0 Å². The number of halogens is 1. The van der Waals surface area contributed by atoms with Crippen LogP contribution in [-0.4, -0.2) is 4.98 Å². The maximum atomic E-state index is 6.36. The van der Waals surface area contributed by atoms with Crippen LogP contribution in [0.25, 0.3) is 10.9 Å². The molecule has 0 aliphatic carbocycles. The third-order valence-corrected chi connectivity index (χ3v) is 4.04. The van der Waals surface area contributed by atoms with Crippen LogP contribution in [0.3, 0.4) is 0 Å². The third kappa shape index (κ3) is 2.28. The highest BCUT2D eigenvalue weighted by Gasteiger charge is 2.14. The normalized spacial score (nSPS) is 12.6. The fourth-order valence-electron chi connectivity index (χ4n) is 2.35. The highest BCUT2D eigenvalue weighted by Crippen LogP contribution is 2.29. The summed E-state index contributed by atoms with van der Waals surface area (Å²) in [6, 6.07) is 15.7. The zero-order valence-electron chi connectivity index (χ0n) is 11.2. The molecule has 1 heterocycles. The van der Waals surface area contributed by atoms with Crippen molar-refractivity contribution in [3.63, 3.8) is 0 Å². The molecule has 1 atom stereocenters. The van der Waals surface area contributed by atoms with Gasteiger partial charge in [-0.3, -0.25) is 4.98 Å². The lowest BCUT2D eigenvalue weighted by Crippen LogP contribution is -2.13. The summed E-state index contributed by atoms with van der Waals surface area (Å²) in [6.07, 6.45) is 1.83. The van der Waals surface area contributed by atoms with Crippen molar-refractivity contribution in [1.82, 2.24) is 4.98 Å². The van der Waals surface area contributed by atoms with Gasteiger partial charge >= 0.3 is 0 Å². The minimum Gasteiger partial charge on any atom is -0.320 e. The molecule has 1 unspecified atom stereocenters. The van der Waals surface area contributed by atoms with Crippen molar-refractivity contribution >= 4 is 22.5 Å². The molecule has 2 aromatic carbocycles. The van der Waals surface area contributed by atoms with E-state index in [0.29, 0.717) is 0 Å². The Bertz CT molecular complexity index is 768. The van der Waals surface area contributed by atoms with E-state index in [9.17, 15) is 0 Å². The number of aromatic nitrogens is 1. The Labute approximate surface area is 123 Å². The Balaban J connectivity index is 2.08. The molecule has 1 aromatic heterocycles. The molecule has 2 N–H and O–H groups in total. The van der Waals surface area contributed by atoms with Crippen LogP contribution < -0.4 is 5.73 Å². The van der Waals surface area contributed by atoms with Gasteiger partial charge in [0, 0.05) is 16.6 Å². The minimum atomic E-state index is -0.264. The van der Waals surface area contributed by atoms with Gasteiger partial charge in [-0.05, 0) is 35.7 Å². The van der Waals surface area contributed by atoms with Gasteiger partial charge in [0.05, 0.1) is 11.6 Å². The Morgan fingerprint density at radius 2 is 1.90 bits per heavy atom. The number of benzene rings is 2. The zero-order chi connectivity index (χ0) is 14.1. The van der Waals surface area contributed by atoms with Gasteiger partial charge in [0.25, 0.3) is 0 Å². The van der Waals surface area contributed by atoms with Crippen molar-refractivity contribution in [2.24, 2.45) is 5.73 Å². The van der Waals surface area contributed by atoms with Crippen LogP contribution in [-0.2, 0) is 0 Å². The van der Waals surface area contributed by atoms with Crippen molar-refractivity contribution < 1.29 is 0 Å². The third-order valence-electron chi connectivity index (χ3n) is 3.53. The molecule has 0 saturated carbocycles. The zero-order valence-corrected chi connectivity index (χ0v) is 11.9. The first kappa shape index (κ1) is 13.1. The van der Waals surface area contributed by atoms with Crippen LogP contribution in [0.1, 0.15) is 22.7 Å². The molecule has 0 fully saturated rings. The summed E-state index contributed by atoms with van der Waals surface area (Å²) in [4.78, 5) is 4.46. The van der Waals surface area contributed by atoms with Crippen LogP contribution in [0.5, 0.6) is 0 Å². The molecule has 3 rings (SSSR count). The average molecular weight is 283 g/mol. The van der Waals surface area contributed by atoms with Crippen LogP contribution in [0.15, 0.2) is 54.7 Å². The van der Waals surface area contributed by atoms with Crippen molar-refractivity contribution in [1.29, 1.82) is 0 Å². The minimum absolute atomic E-state index is 0.264. The molecule has 0 radical (unpaired) electrons. The summed E-state index contributed by atoms with van der Waals surface area (Å²) in [7, 11) is 0. The van der Waals surface area contributed by atoms with Crippen molar-refractivity contribution in [2.75, 3.05) is 0 Å². The van der Waals surface area contributed by atoms with Gasteiger partial charge in [-0.1, -0.05) is 48.0 Å². The molecule has 20 heavy (non-hydrogen) atoms. The molecule has 0 amide bonds. The lowest BCUT2D eigenvalue weighted by molar-refractivity contribution is 0.865. The van der Waals surface area contributed by atoms with Crippen molar-refractivity contribution in [3.05, 3.63) is 76.4 Å². The summed E-state index contributed by atoms with van der Waals surface area (Å²) in [5, 5.41) is 1.82. The smallest absolute Gasteiger partial charge is 0.0702 e. The molecule has 2 nitrogen and oxygen atoms in total. The second-order valence-electron chi connectivity index (χ2n) is 4.92. The Hall–Kier alpha value is -1.90. The molecular formula is C17H15ClN2. The summed E-state index contributed by atoms with van der Waals surface area (Å²) in [6.45, 7) is 1.98. The Morgan fingerprint density at radius 1 is 1.10 bits per heavy atom. The number of nitrogens with zero attached hydrogens (tertiary/aromatic N) is 1. The van der Waals surface area contributed by atoms with E-state index >= 15 is 0 Å². The number of fused-ring (bicyclic) bond motifs is 1. The van der Waals surface area contributed by atoms with E-state index in [4.69, 9.17) is 17.3 Å². The van der Waals surface area contributed by atoms with Gasteiger partial charge in [-0.25, -0.2) is 0 Å². The average Bonchev–Trinajstić information content (AvgIpc) is 2.49. The van der Waals surface area contributed by atoms with Crippen molar-refractivity contribution in [3.8, 4) is 0 Å². The van der Waals surface area contributed by atoms with E-state index in [1.807, 2.05) is 55.6 Å². The lowest BCUT2D eigenvalue weighted by atomic mass is 9.98. The number of rotatable bonds is 2. The van der Waals surface area contributed by atoms with E-state index in [-0.39, 0.29) is 6.04 Å². The largest absolute Gasteiger partial charge is 0.320 e. The number of hydrogen-bond donors (Lipinski definition) is 1. The van der Waals surface area contributed by atoms with E-state index in [1.165, 1.54) is 0 Å². The molecule has 100 valence electrons. The first-order chi connectivity index (χ1) is 9.66. The maximum Gasteiger partial charge on any atom is 0.0702 e. The van der Waals surface area contributed by atoms with Gasteiger partial charge in [0.1, 0.15) is 0 Å². The highest BCUT2D eigenvalue weighted by atomic mass is 35.5. The molecular weight excluding hydrogens is 268 g/mol. The molecule has 3 heteroatoms. The van der Waals surface area contributed by atoms with Gasteiger partial charge in [0.2, 0.25) is 0 Å². The highest BCUT2D eigenvalue weighted by molar-refractivity contribution is 6.32. The predicted octanol–water partition coefficient (Wildman–Crippen LogP) is 4.24. The lowest BCUT2D eigenvalue weighted by Gasteiger charge is -2.15. The number of nitrogens with two attached hydrogens (primary N) is 1. The van der Waals surface area contributed by atoms with E-state index in [1.54, 1.807) is 0 Å². The van der Waals surface area contributed by atoms with E-state index in [0.717, 1.165) is 32.6 Å². The van der Waals surface area contributed by atoms with Crippen LogP contribution in [0, 0.1) is 6.92 Å². The van der Waals surface area contributed by atoms with Gasteiger partial charge in [0.15, 0.2) is 0 Å². The second kappa shape index (κ2) is 5.23. The molecule has 0 spiro atoms. The van der Waals surface area contributed by atoms with Crippen LogP contribution in [0.2, 0.25) is 5.02 Å².